The molecule has 1 aliphatic carbocycles. The van der Waals surface area contributed by atoms with Gasteiger partial charge in [-0.25, -0.2) is 13.8 Å². The van der Waals surface area contributed by atoms with Crippen LogP contribution in [0.25, 0.3) is 11.1 Å². The number of nitrogens with one attached hydrogen (secondary N) is 1. The summed E-state index contributed by atoms with van der Waals surface area (Å²) in [7, 11) is 0. The maximum absolute atomic E-state index is 13.9. The second-order valence-electron chi connectivity index (χ2n) is 6.92. The highest BCUT2D eigenvalue weighted by Crippen LogP contribution is 2.40. The van der Waals surface area contributed by atoms with Gasteiger partial charge < -0.3 is 20.4 Å². The summed E-state index contributed by atoms with van der Waals surface area (Å²) in [6, 6.07) is 0. The molecule has 0 unspecified atom stereocenters. The molecular weight excluding hydrogens is 328 g/mol. The van der Waals surface area contributed by atoms with Crippen LogP contribution in [-0.2, 0) is 12.8 Å². The molecule has 136 valence electrons. The minimum atomic E-state index is -2.72. The van der Waals surface area contributed by atoms with Crippen molar-refractivity contribution in [2.24, 2.45) is 0 Å². The summed E-state index contributed by atoms with van der Waals surface area (Å²) in [5.74, 6) is -1.38. The number of aromatic nitrogens is 2. The van der Waals surface area contributed by atoms with Gasteiger partial charge in [0.05, 0.1) is 0 Å². The average molecular weight is 351 g/mol. The zero-order chi connectivity index (χ0) is 17.4. The van der Waals surface area contributed by atoms with Crippen LogP contribution in [0, 0.1) is 0 Å². The maximum atomic E-state index is 13.9. The third-order valence-corrected chi connectivity index (χ3v) is 5.01. The fourth-order valence-corrected chi connectivity index (χ4v) is 3.70. The van der Waals surface area contributed by atoms with E-state index in [9.17, 15) is 8.78 Å². The van der Waals surface area contributed by atoms with Crippen molar-refractivity contribution >= 4 is 22.9 Å². The lowest BCUT2D eigenvalue weighted by Crippen LogP contribution is -2.33. The minimum absolute atomic E-state index is 0.104. The number of halogens is 2. The Morgan fingerprint density at radius 3 is 2.88 bits per heavy atom. The van der Waals surface area contributed by atoms with Crippen molar-refractivity contribution < 1.29 is 13.2 Å². The zero-order valence-electron chi connectivity index (χ0n) is 14.2. The molecule has 0 radical (unpaired) electrons. The van der Waals surface area contributed by atoms with Crippen LogP contribution in [0.5, 0.6) is 0 Å². The average Bonchev–Trinajstić information content (AvgIpc) is 2.97. The summed E-state index contributed by atoms with van der Waals surface area (Å²) >= 11 is 0. The van der Waals surface area contributed by atoms with Gasteiger partial charge in [-0.2, -0.15) is 4.98 Å². The monoisotopic (exact) mass is 351 g/mol. The van der Waals surface area contributed by atoms with Crippen LogP contribution in [0.1, 0.15) is 37.0 Å². The van der Waals surface area contributed by atoms with Crippen LogP contribution < -0.4 is 16.0 Å². The Hall–Kier alpha value is -1.96. The highest BCUT2D eigenvalue weighted by Gasteiger charge is 2.38. The molecular formula is C17H23F2N5O. The molecule has 25 heavy (non-hydrogen) atoms. The Morgan fingerprint density at radius 2 is 2.00 bits per heavy atom. The van der Waals surface area contributed by atoms with Crippen molar-refractivity contribution in [3.8, 4) is 0 Å². The van der Waals surface area contributed by atoms with E-state index in [1.165, 1.54) is 0 Å². The molecule has 1 fully saturated rings. The third-order valence-electron chi connectivity index (χ3n) is 5.01. The Labute approximate surface area is 144 Å². The van der Waals surface area contributed by atoms with Gasteiger partial charge in [0.2, 0.25) is 5.95 Å². The number of fused-ring (bicyclic) bond motifs is 3. The Bertz CT molecular complexity index is 766. The summed E-state index contributed by atoms with van der Waals surface area (Å²) in [5, 5.41) is 3.40. The Balaban J connectivity index is 1.77. The molecule has 0 amide bonds. The predicted molar refractivity (Wildman–Crippen MR) is 92.1 cm³/mol. The SMILES string of the molecule is Nc1nc(N2CCCCCNCC2)c2oc3c(c2n1)CC(F)(F)CC3. The molecule has 0 saturated carbocycles. The fourth-order valence-electron chi connectivity index (χ4n) is 3.70. The molecule has 8 heteroatoms. The van der Waals surface area contributed by atoms with Gasteiger partial charge in [-0.3, -0.25) is 0 Å². The minimum Gasteiger partial charge on any atom is -0.455 e. The number of hydrogen-bond acceptors (Lipinski definition) is 6. The number of furan rings is 1. The van der Waals surface area contributed by atoms with Crippen LogP contribution in [0.2, 0.25) is 0 Å². The van der Waals surface area contributed by atoms with Crippen LogP contribution in [-0.4, -0.2) is 42.1 Å². The summed E-state index contributed by atoms with van der Waals surface area (Å²) in [6.07, 6.45) is 3.02. The first-order valence-electron chi connectivity index (χ1n) is 8.95. The van der Waals surface area contributed by atoms with Crippen molar-refractivity contribution in [1.82, 2.24) is 15.3 Å². The molecule has 2 aromatic heterocycles. The van der Waals surface area contributed by atoms with E-state index in [-0.39, 0.29) is 25.2 Å². The standard InChI is InChI=1S/C17H23F2N5O/c18-17(19)5-4-12-11(10-17)13-14(25-12)15(23-16(20)22-13)24-8-3-1-2-6-21-7-9-24/h21H,1-10H2,(H2,20,22,23). The number of nitrogens with zero attached hydrogens (tertiary/aromatic N) is 3. The molecule has 3 heterocycles. The molecule has 2 aromatic rings. The van der Waals surface area contributed by atoms with Crippen molar-refractivity contribution in [3.63, 3.8) is 0 Å². The van der Waals surface area contributed by atoms with Crippen molar-refractivity contribution in [1.29, 1.82) is 0 Å². The van der Waals surface area contributed by atoms with Crippen molar-refractivity contribution in [2.75, 3.05) is 36.8 Å². The lowest BCUT2D eigenvalue weighted by Gasteiger charge is -2.23. The third kappa shape index (κ3) is 3.27. The number of anilines is 2. The zero-order valence-corrected chi connectivity index (χ0v) is 14.2. The smallest absolute Gasteiger partial charge is 0.252 e. The first kappa shape index (κ1) is 16.5. The van der Waals surface area contributed by atoms with Crippen LogP contribution in [0.3, 0.4) is 0 Å². The maximum Gasteiger partial charge on any atom is 0.252 e. The molecule has 3 N–H and O–H groups in total. The molecule has 0 spiro atoms. The summed E-state index contributed by atoms with van der Waals surface area (Å²) in [4.78, 5) is 10.7. The lowest BCUT2D eigenvalue weighted by molar-refractivity contribution is -0.0140. The van der Waals surface area contributed by atoms with Crippen LogP contribution in [0.4, 0.5) is 20.5 Å². The molecule has 0 aromatic carbocycles. The number of alkyl halides is 2. The quantitative estimate of drug-likeness (QED) is 0.822. The molecule has 2 aliphatic rings. The molecule has 0 bridgehead atoms. The van der Waals surface area contributed by atoms with Crippen LogP contribution in [0.15, 0.2) is 4.42 Å². The van der Waals surface area contributed by atoms with Crippen LogP contribution >= 0.6 is 0 Å². The molecule has 6 nitrogen and oxygen atoms in total. The van der Waals surface area contributed by atoms with Gasteiger partial charge in [0, 0.05) is 44.5 Å². The summed E-state index contributed by atoms with van der Waals surface area (Å²) in [6.45, 7) is 3.46. The van der Waals surface area contributed by atoms with Gasteiger partial charge in [-0.1, -0.05) is 6.42 Å². The molecule has 1 aliphatic heterocycles. The van der Waals surface area contributed by atoms with E-state index in [2.05, 4.69) is 20.2 Å². The van der Waals surface area contributed by atoms with Gasteiger partial charge >= 0.3 is 0 Å². The van der Waals surface area contributed by atoms with E-state index in [0.29, 0.717) is 28.2 Å². The highest BCUT2D eigenvalue weighted by molar-refractivity contribution is 5.89. The van der Waals surface area contributed by atoms with Gasteiger partial charge in [0.25, 0.3) is 5.92 Å². The number of hydrogen-bond donors (Lipinski definition) is 2. The van der Waals surface area contributed by atoms with Gasteiger partial charge in [0.1, 0.15) is 11.3 Å². The number of nitrogens with two attached hydrogens (primary N) is 1. The summed E-state index contributed by atoms with van der Waals surface area (Å²) in [5.41, 5.74) is 7.33. The van der Waals surface area contributed by atoms with Crippen molar-refractivity contribution in [3.05, 3.63) is 11.3 Å². The fraction of sp³-hybridized carbons (Fsp3) is 0.647. The van der Waals surface area contributed by atoms with E-state index >= 15 is 0 Å². The summed E-state index contributed by atoms with van der Waals surface area (Å²) < 4.78 is 33.7. The van der Waals surface area contributed by atoms with E-state index in [1.807, 2.05) is 0 Å². The van der Waals surface area contributed by atoms with E-state index in [4.69, 9.17) is 10.2 Å². The van der Waals surface area contributed by atoms with E-state index in [1.54, 1.807) is 0 Å². The molecule has 4 rings (SSSR count). The largest absolute Gasteiger partial charge is 0.455 e. The first-order chi connectivity index (χ1) is 12.0. The van der Waals surface area contributed by atoms with Gasteiger partial charge in [-0.15, -0.1) is 0 Å². The lowest BCUT2D eigenvalue weighted by atomic mass is 9.94. The van der Waals surface area contributed by atoms with Crippen molar-refractivity contribution in [2.45, 2.75) is 44.4 Å². The molecule has 0 atom stereocenters. The second kappa shape index (κ2) is 6.40. The molecule has 1 saturated heterocycles. The predicted octanol–water partition coefficient (Wildman–Crippen LogP) is 2.51. The van der Waals surface area contributed by atoms with E-state index in [0.717, 1.165) is 45.4 Å². The number of aryl methyl sites for hydroxylation is 1. The first-order valence-corrected chi connectivity index (χ1v) is 8.95. The van der Waals surface area contributed by atoms with Gasteiger partial charge in [0.15, 0.2) is 11.4 Å². The Morgan fingerprint density at radius 1 is 1.12 bits per heavy atom. The van der Waals surface area contributed by atoms with Gasteiger partial charge in [-0.05, 0) is 19.4 Å². The normalized spacial score (nSPS) is 21.4. The number of rotatable bonds is 1. The number of nitrogen functional groups attached to an aromatic ring is 1. The topological polar surface area (TPSA) is 80.2 Å². The van der Waals surface area contributed by atoms with E-state index < -0.39 is 5.92 Å². The Kier molecular flexibility index (Phi) is 4.23. The second-order valence-corrected chi connectivity index (χ2v) is 6.92. The highest BCUT2D eigenvalue weighted by atomic mass is 19.3.